The van der Waals surface area contributed by atoms with Crippen molar-refractivity contribution in [3.8, 4) is 23.0 Å². The van der Waals surface area contributed by atoms with Gasteiger partial charge in [0, 0.05) is 13.1 Å². The van der Waals surface area contributed by atoms with Crippen LogP contribution in [0, 0.1) is 5.82 Å². The number of nitrogens with zero attached hydrogens (tertiary/aromatic N) is 1. The molecule has 0 saturated carbocycles. The Morgan fingerprint density at radius 2 is 1.61 bits per heavy atom. The zero-order chi connectivity index (χ0) is 26.5. The standard InChI is InChI=1S/C29H27FN2O6/c1-34-24-10-7-19(13-27(24)35-2)15-32(16-20-8-11-25-28(14-20)37-18-36-25)17-21-9-12-26(38-21)29(33)31-23-6-4-3-5-22(23)30/h3-14H,15-18H2,1-2H3,(H,31,33). The van der Waals surface area contributed by atoms with Gasteiger partial charge < -0.3 is 28.7 Å². The van der Waals surface area contributed by atoms with E-state index in [2.05, 4.69) is 10.2 Å². The lowest BCUT2D eigenvalue weighted by molar-refractivity contribution is 0.0991. The van der Waals surface area contributed by atoms with Crippen LogP contribution in [0.5, 0.6) is 23.0 Å². The maximum Gasteiger partial charge on any atom is 0.291 e. The molecule has 0 saturated heterocycles. The van der Waals surface area contributed by atoms with E-state index in [1.165, 1.54) is 12.1 Å². The van der Waals surface area contributed by atoms with Crippen LogP contribution in [0.25, 0.3) is 0 Å². The Balaban J connectivity index is 1.35. The number of para-hydroxylation sites is 1. The van der Waals surface area contributed by atoms with E-state index in [1.807, 2.05) is 36.4 Å². The van der Waals surface area contributed by atoms with Crippen LogP contribution in [0.15, 0.2) is 77.2 Å². The molecule has 0 aliphatic carbocycles. The van der Waals surface area contributed by atoms with Crippen LogP contribution in [-0.4, -0.2) is 31.8 Å². The van der Waals surface area contributed by atoms with E-state index in [0.29, 0.717) is 42.6 Å². The summed E-state index contributed by atoms with van der Waals surface area (Å²) >= 11 is 0. The Bertz CT molecular complexity index is 1440. The number of nitrogens with one attached hydrogen (secondary N) is 1. The highest BCUT2D eigenvalue weighted by Gasteiger charge is 2.19. The molecule has 0 radical (unpaired) electrons. The van der Waals surface area contributed by atoms with Crippen LogP contribution < -0.4 is 24.3 Å². The Morgan fingerprint density at radius 3 is 2.39 bits per heavy atom. The number of rotatable bonds is 10. The van der Waals surface area contributed by atoms with Crippen molar-refractivity contribution in [3.63, 3.8) is 0 Å². The molecule has 1 aliphatic rings. The molecule has 0 spiro atoms. The molecule has 0 fully saturated rings. The molecule has 1 amide bonds. The summed E-state index contributed by atoms with van der Waals surface area (Å²) in [5, 5.41) is 2.55. The minimum Gasteiger partial charge on any atom is -0.493 e. The quantitative estimate of drug-likeness (QED) is 0.292. The summed E-state index contributed by atoms with van der Waals surface area (Å²) in [5.41, 5.74) is 2.12. The molecule has 8 nitrogen and oxygen atoms in total. The lowest BCUT2D eigenvalue weighted by Crippen LogP contribution is -2.22. The number of hydrogen-bond acceptors (Lipinski definition) is 7. The van der Waals surface area contributed by atoms with Crippen molar-refractivity contribution in [3.05, 3.63) is 101 Å². The molecule has 5 rings (SSSR count). The third-order valence-electron chi connectivity index (χ3n) is 6.08. The molecular weight excluding hydrogens is 491 g/mol. The molecule has 4 aromatic rings. The summed E-state index contributed by atoms with van der Waals surface area (Å²) < 4.78 is 41.6. The number of fused-ring (bicyclic) bond motifs is 1. The molecule has 2 heterocycles. The highest BCUT2D eigenvalue weighted by Crippen LogP contribution is 2.33. The van der Waals surface area contributed by atoms with E-state index in [1.54, 1.807) is 38.5 Å². The number of ether oxygens (including phenoxy) is 4. The van der Waals surface area contributed by atoms with Crippen molar-refractivity contribution in [2.75, 3.05) is 26.3 Å². The van der Waals surface area contributed by atoms with Gasteiger partial charge in [0.2, 0.25) is 6.79 Å². The van der Waals surface area contributed by atoms with Crippen LogP contribution in [-0.2, 0) is 19.6 Å². The monoisotopic (exact) mass is 518 g/mol. The SMILES string of the molecule is COc1ccc(CN(Cc2ccc3c(c2)OCO3)Cc2ccc(C(=O)Nc3ccccc3F)o2)cc1OC. The predicted molar refractivity (Wildman–Crippen MR) is 138 cm³/mol. The fourth-order valence-electron chi connectivity index (χ4n) is 4.25. The molecule has 0 bridgehead atoms. The van der Waals surface area contributed by atoms with Gasteiger partial charge in [0.25, 0.3) is 5.91 Å². The van der Waals surface area contributed by atoms with Crippen LogP contribution in [0.4, 0.5) is 10.1 Å². The molecule has 0 unspecified atom stereocenters. The maximum atomic E-state index is 14.0. The number of carbonyl (C=O) groups is 1. The summed E-state index contributed by atoms with van der Waals surface area (Å²) in [6.07, 6.45) is 0. The van der Waals surface area contributed by atoms with Gasteiger partial charge in [0.15, 0.2) is 28.8 Å². The maximum absolute atomic E-state index is 14.0. The zero-order valence-electron chi connectivity index (χ0n) is 21.0. The van der Waals surface area contributed by atoms with Crippen LogP contribution in [0.2, 0.25) is 0 Å². The van der Waals surface area contributed by atoms with E-state index >= 15 is 0 Å². The van der Waals surface area contributed by atoms with E-state index in [9.17, 15) is 9.18 Å². The predicted octanol–water partition coefficient (Wildman–Crippen LogP) is 5.62. The molecule has 1 aliphatic heterocycles. The van der Waals surface area contributed by atoms with E-state index in [0.717, 1.165) is 16.9 Å². The van der Waals surface area contributed by atoms with Gasteiger partial charge in [-0.25, -0.2) is 4.39 Å². The molecule has 1 aromatic heterocycles. The van der Waals surface area contributed by atoms with Crippen molar-refractivity contribution < 1.29 is 32.5 Å². The fraction of sp³-hybridized carbons (Fsp3) is 0.207. The third kappa shape index (κ3) is 5.73. The minimum absolute atomic E-state index is 0.0911. The first-order chi connectivity index (χ1) is 18.5. The van der Waals surface area contributed by atoms with E-state index in [4.69, 9.17) is 23.4 Å². The van der Waals surface area contributed by atoms with Gasteiger partial charge in [0.1, 0.15) is 11.6 Å². The second kappa shape index (κ2) is 11.3. The first kappa shape index (κ1) is 25.2. The van der Waals surface area contributed by atoms with Crippen LogP contribution >= 0.6 is 0 Å². The van der Waals surface area contributed by atoms with E-state index in [-0.39, 0.29) is 18.2 Å². The summed E-state index contributed by atoms with van der Waals surface area (Å²) in [5.74, 6) is 2.35. The summed E-state index contributed by atoms with van der Waals surface area (Å²) in [6, 6.07) is 20.9. The normalized spacial score (nSPS) is 12.0. The van der Waals surface area contributed by atoms with Gasteiger partial charge in [-0.1, -0.05) is 24.3 Å². The molecular formula is C29H27FN2O6. The van der Waals surface area contributed by atoms with Crippen LogP contribution in [0.1, 0.15) is 27.4 Å². The number of benzene rings is 3. The average molecular weight is 519 g/mol. The number of amides is 1. The Morgan fingerprint density at radius 1 is 0.868 bits per heavy atom. The third-order valence-corrected chi connectivity index (χ3v) is 6.08. The van der Waals surface area contributed by atoms with E-state index < -0.39 is 11.7 Å². The minimum atomic E-state index is -0.524. The lowest BCUT2D eigenvalue weighted by Gasteiger charge is -2.22. The molecule has 3 aromatic carbocycles. The second-order valence-electron chi connectivity index (χ2n) is 8.72. The van der Waals surface area contributed by atoms with Gasteiger partial charge in [-0.2, -0.15) is 0 Å². The highest BCUT2D eigenvalue weighted by molar-refractivity contribution is 6.02. The lowest BCUT2D eigenvalue weighted by atomic mass is 10.1. The Labute approximate surface area is 219 Å². The molecule has 38 heavy (non-hydrogen) atoms. The molecule has 1 N–H and O–H groups in total. The number of hydrogen-bond donors (Lipinski definition) is 1. The number of methoxy groups -OCH3 is 2. The summed E-state index contributed by atoms with van der Waals surface area (Å²) in [7, 11) is 3.20. The van der Waals surface area contributed by atoms with Crippen molar-refractivity contribution >= 4 is 11.6 Å². The Kier molecular flexibility index (Phi) is 7.46. The van der Waals surface area contributed by atoms with Gasteiger partial charge in [-0.3, -0.25) is 9.69 Å². The first-order valence-electron chi connectivity index (χ1n) is 12.0. The molecule has 9 heteroatoms. The van der Waals surface area contributed by atoms with Gasteiger partial charge in [0.05, 0.1) is 26.5 Å². The highest BCUT2D eigenvalue weighted by atomic mass is 19.1. The van der Waals surface area contributed by atoms with Crippen molar-refractivity contribution in [1.82, 2.24) is 4.90 Å². The topological polar surface area (TPSA) is 82.4 Å². The fourth-order valence-corrected chi connectivity index (χ4v) is 4.25. The summed E-state index contributed by atoms with van der Waals surface area (Å²) in [4.78, 5) is 14.8. The number of anilines is 1. The van der Waals surface area contributed by atoms with Crippen molar-refractivity contribution in [2.45, 2.75) is 19.6 Å². The number of furan rings is 1. The van der Waals surface area contributed by atoms with Crippen molar-refractivity contribution in [1.29, 1.82) is 0 Å². The van der Waals surface area contributed by atoms with Gasteiger partial charge in [-0.15, -0.1) is 0 Å². The molecule has 0 atom stereocenters. The number of halogens is 1. The largest absolute Gasteiger partial charge is 0.493 e. The molecule has 196 valence electrons. The average Bonchev–Trinajstić information content (AvgIpc) is 3.59. The first-order valence-corrected chi connectivity index (χ1v) is 12.0. The van der Waals surface area contributed by atoms with Gasteiger partial charge >= 0.3 is 0 Å². The number of carbonyl (C=O) groups excluding carboxylic acids is 1. The van der Waals surface area contributed by atoms with Crippen molar-refractivity contribution in [2.24, 2.45) is 0 Å². The second-order valence-corrected chi connectivity index (χ2v) is 8.72. The summed E-state index contributed by atoms with van der Waals surface area (Å²) in [6.45, 7) is 1.75. The van der Waals surface area contributed by atoms with Crippen LogP contribution in [0.3, 0.4) is 0 Å². The van der Waals surface area contributed by atoms with Gasteiger partial charge in [-0.05, 0) is 59.7 Å². The Hall–Kier alpha value is -4.50. The smallest absolute Gasteiger partial charge is 0.291 e. The zero-order valence-corrected chi connectivity index (χ0v) is 21.0.